The summed E-state index contributed by atoms with van der Waals surface area (Å²) in [6.07, 6.45) is 0. The molecule has 2 N–H and O–H groups in total. The summed E-state index contributed by atoms with van der Waals surface area (Å²) >= 11 is 0. The zero-order valence-electron chi connectivity index (χ0n) is 7.84. The van der Waals surface area contributed by atoms with Crippen molar-refractivity contribution < 1.29 is 14.3 Å². The number of piperazine rings is 1. The molecule has 0 saturated carbocycles. The molecule has 76 valence electrons. The molecule has 5 nitrogen and oxygen atoms in total. The van der Waals surface area contributed by atoms with E-state index in [0.717, 1.165) is 19.6 Å². The van der Waals surface area contributed by atoms with E-state index in [1.165, 1.54) is 7.11 Å². The smallest absolute Gasteiger partial charge is 0.332 e. The molecule has 0 amide bonds. The molecule has 1 aliphatic rings. The van der Waals surface area contributed by atoms with Crippen LogP contribution in [-0.4, -0.2) is 52.0 Å². The van der Waals surface area contributed by atoms with E-state index >= 15 is 0 Å². The van der Waals surface area contributed by atoms with Crippen LogP contribution in [0.15, 0.2) is 0 Å². The number of rotatable bonds is 4. The maximum atomic E-state index is 10.9. The van der Waals surface area contributed by atoms with Crippen LogP contribution in [-0.2, 0) is 14.3 Å². The fourth-order valence-corrected chi connectivity index (χ4v) is 1.18. The molecule has 1 atom stereocenters. The van der Waals surface area contributed by atoms with Crippen molar-refractivity contribution in [1.29, 1.82) is 0 Å². The fraction of sp³-hybridized carbons (Fsp3) is 0.875. The molecule has 0 aromatic heterocycles. The Labute approximate surface area is 77.8 Å². The van der Waals surface area contributed by atoms with Gasteiger partial charge in [-0.15, -0.1) is 0 Å². The van der Waals surface area contributed by atoms with E-state index in [2.05, 4.69) is 15.4 Å². The van der Waals surface area contributed by atoms with Crippen molar-refractivity contribution in [2.75, 3.05) is 40.0 Å². The van der Waals surface area contributed by atoms with Gasteiger partial charge in [-0.05, 0) is 0 Å². The molecule has 0 aromatic carbocycles. The summed E-state index contributed by atoms with van der Waals surface area (Å²) in [5, 5.41) is 6.44. The zero-order valence-corrected chi connectivity index (χ0v) is 7.84. The third-order valence-electron chi connectivity index (χ3n) is 1.83. The second-order valence-electron chi connectivity index (χ2n) is 2.97. The van der Waals surface area contributed by atoms with Crippen LogP contribution < -0.4 is 10.6 Å². The molecule has 1 unspecified atom stereocenters. The molecular formula is C8H16N2O3. The van der Waals surface area contributed by atoms with Crippen LogP contribution in [0.1, 0.15) is 0 Å². The predicted molar refractivity (Wildman–Crippen MR) is 47.5 cm³/mol. The first kappa shape index (κ1) is 10.4. The highest BCUT2D eigenvalue weighted by Gasteiger charge is 2.13. The van der Waals surface area contributed by atoms with Gasteiger partial charge in [0.2, 0.25) is 0 Å². The van der Waals surface area contributed by atoms with Crippen molar-refractivity contribution in [1.82, 2.24) is 10.6 Å². The van der Waals surface area contributed by atoms with Crippen molar-refractivity contribution in [3.05, 3.63) is 0 Å². The van der Waals surface area contributed by atoms with E-state index in [1.54, 1.807) is 0 Å². The van der Waals surface area contributed by atoms with Crippen LogP contribution >= 0.6 is 0 Å². The van der Waals surface area contributed by atoms with Crippen LogP contribution in [0.25, 0.3) is 0 Å². The lowest BCUT2D eigenvalue weighted by molar-refractivity contribution is -0.148. The SMILES string of the molecule is COCC(=O)OCC1CNCCN1. The number of esters is 1. The molecule has 0 aliphatic carbocycles. The summed E-state index contributed by atoms with van der Waals surface area (Å²) in [5.41, 5.74) is 0. The van der Waals surface area contributed by atoms with Gasteiger partial charge in [0.05, 0.1) is 6.04 Å². The highest BCUT2D eigenvalue weighted by Crippen LogP contribution is 1.89. The number of ether oxygens (including phenoxy) is 2. The minimum Gasteiger partial charge on any atom is -0.462 e. The Hall–Kier alpha value is -0.650. The third kappa shape index (κ3) is 4.21. The van der Waals surface area contributed by atoms with Gasteiger partial charge in [-0.2, -0.15) is 0 Å². The van der Waals surface area contributed by atoms with E-state index in [1.807, 2.05) is 0 Å². The van der Waals surface area contributed by atoms with Crippen LogP contribution in [0.4, 0.5) is 0 Å². The lowest BCUT2D eigenvalue weighted by atomic mass is 10.2. The zero-order chi connectivity index (χ0) is 9.52. The minimum atomic E-state index is -0.310. The monoisotopic (exact) mass is 188 g/mol. The summed E-state index contributed by atoms with van der Waals surface area (Å²) in [4.78, 5) is 10.9. The van der Waals surface area contributed by atoms with Crippen LogP contribution in [0.3, 0.4) is 0 Å². The number of carbonyl (C=O) groups is 1. The first-order valence-corrected chi connectivity index (χ1v) is 4.41. The van der Waals surface area contributed by atoms with Crippen molar-refractivity contribution in [2.24, 2.45) is 0 Å². The normalized spacial score (nSPS) is 22.7. The topological polar surface area (TPSA) is 59.6 Å². The number of hydrogen-bond donors (Lipinski definition) is 2. The molecule has 1 fully saturated rings. The van der Waals surface area contributed by atoms with E-state index in [-0.39, 0.29) is 18.6 Å². The maximum Gasteiger partial charge on any atom is 0.332 e. The van der Waals surface area contributed by atoms with E-state index < -0.39 is 0 Å². The highest BCUT2D eigenvalue weighted by atomic mass is 16.6. The van der Waals surface area contributed by atoms with Gasteiger partial charge in [0.1, 0.15) is 13.2 Å². The van der Waals surface area contributed by atoms with Gasteiger partial charge in [-0.25, -0.2) is 4.79 Å². The lowest BCUT2D eigenvalue weighted by Crippen LogP contribution is -2.50. The van der Waals surface area contributed by atoms with Gasteiger partial charge < -0.3 is 20.1 Å². The van der Waals surface area contributed by atoms with Crippen molar-refractivity contribution in [2.45, 2.75) is 6.04 Å². The number of hydrogen-bond acceptors (Lipinski definition) is 5. The van der Waals surface area contributed by atoms with Gasteiger partial charge in [-0.1, -0.05) is 0 Å². The van der Waals surface area contributed by atoms with Gasteiger partial charge in [-0.3, -0.25) is 0 Å². The summed E-state index contributed by atoms with van der Waals surface area (Å²) in [6, 6.07) is 0.231. The average Bonchev–Trinajstić information content (AvgIpc) is 2.17. The van der Waals surface area contributed by atoms with Crippen LogP contribution in [0.2, 0.25) is 0 Å². The predicted octanol–water partition coefficient (Wildman–Crippen LogP) is -1.26. The van der Waals surface area contributed by atoms with Crippen molar-refractivity contribution in [3.8, 4) is 0 Å². The second kappa shape index (κ2) is 5.90. The molecule has 13 heavy (non-hydrogen) atoms. The summed E-state index contributed by atoms with van der Waals surface area (Å²) in [7, 11) is 1.47. The molecule has 0 radical (unpaired) electrons. The second-order valence-corrected chi connectivity index (χ2v) is 2.97. The van der Waals surface area contributed by atoms with Crippen LogP contribution in [0.5, 0.6) is 0 Å². The maximum absolute atomic E-state index is 10.9. The molecule has 0 bridgehead atoms. The van der Waals surface area contributed by atoms with Crippen LogP contribution in [0, 0.1) is 0 Å². The average molecular weight is 188 g/mol. The highest BCUT2D eigenvalue weighted by molar-refractivity contribution is 5.70. The minimum absolute atomic E-state index is 0.0279. The van der Waals surface area contributed by atoms with E-state index in [0.29, 0.717) is 6.61 Å². The lowest BCUT2D eigenvalue weighted by Gasteiger charge is -2.23. The summed E-state index contributed by atoms with van der Waals surface area (Å²) in [5.74, 6) is -0.310. The summed E-state index contributed by atoms with van der Waals surface area (Å²) < 4.78 is 9.59. The van der Waals surface area contributed by atoms with Gasteiger partial charge in [0.25, 0.3) is 0 Å². The molecule has 1 rings (SSSR count). The molecule has 0 aromatic rings. The largest absolute Gasteiger partial charge is 0.462 e. The standard InChI is InChI=1S/C8H16N2O3/c1-12-6-8(11)13-5-7-4-9-2-3-10-7/h7,9-10H,2-6H2,1H3. The molecule has 5 heteroatoms. The number of methoxy groups -OCH3 is 1. The Morgan fingerprint density at radius 3 is 3.00 bits per heavy atom. The van der Waals surface area contributed by atoms with Gasteiger partial charge >= 0.3 is 5.97 Å². The molecule has 1 saturated heterocycles. The molecule has 1 heterocycles. The molecule has 0 spiro atoms. The Morgan fingerprint density at radius 1 is 1.54 bits per heavy atom. The molecule has 1 aliphatic heterocycles. The Morgan fingerprint density at radius 2 is 2.38 bits per heavy atom. The first-order valence-electron chi connectivity index (χ1n) is 4.41. The van der Waals surface area contributed by atoms with Gasteiger partial charge in [0, 0.05) is 26.7 Å². The third-order valence-corrected chi connectivity index (χ3v) is 1.83. The number of nitrogens with one attached hydrogen (secondary N) is 2. The number of carbonyl (C=O) groups excluding carboxylic acids is 1. The first-order chi connectivity index (χ1) is 6.33. The van der Waals surface area contributed by atoms with Crippen molar-refractivity contribution >= 4 is 5.97 Å². The quantitative estimate of drug-likeness (QED) is 0.539. The summed E-state index contributed by atoms with van der Waals surface area (Å²) in [6.45, 7) is 3.19. The molecular weight excluding hydrogens is 172 g/mol. The fourth-order valence-electron chi connectivity index (χ4n) is 1.18. The van der Waals surface area contributed by atoms with E-state index in [9.17, 15) is 4.79 Å². The Bertz CT molecular complexity index is 157. The Kier molecular flexibility index (Phi) is 4.74. The van der Waals surface area contributed by atoms with E-state index in [4.69, 9.17) is 4.74 Å². The Balaban J connectivity index is 2.06. The van der Waals surface area contributed by atoms with Gasteiger partial charge in [0.15, 0.2) is 0 Å². The van der Waals surface area contributed by atoms with Crippen molar-refractivity contribution in [3.63, 3.8) is 0 Å².